The van der Waals surface area contributed by atoms with E-state index in [9.17, 15) is 9.59 Å². The van der Waals surface area contributed by atoms with Crippen molar-refractivity contribution < 1.29 is 14.3 Å². The van der Waals surface area contributed by atoms with Crippen molar-refractivity contribution in [3.8, 4) is 0 Å². The molecule has 1 spiro atoms. The Morgan fingerprint density at radius 2 is 1.96 bits per heavy atom. The zero-order valence-corrected chi connectivity index (χ0v) is 13.8. The highest BCUT2D eigenvalue weighted by atomic mass is 16.6. The third kappa shape index (κ3) is 2.00. The third-order valence-electron chi connectivity index (χ3n) is 6.52. The van der Waals surface area contributed by atoms with E-state index in [2.05, 4.69) is 41.4 Å². The van der Waals surface area contributed by atoms with Crippen LogP contribution in [-0.2, 0) is 9.53 Å². The normalized spacial score (nSPS) is 39.2. The lowest BCUT2D eigenvalue weighted by molar-refractivity contribution is -0.140. The molecule has 0 aromatic heterocycles. The molecule has 5 nitrogen and oxygen atoms in total. The Hall–Kier alpha value is -2.04. The maximum absolute atomic E-state index is 12.7. The fraction of sp³-hybridized carbons (Fsp3) is 0.579. The molecule has 2 saturated carbocycles. The van der Waals surface area contributed by atoms with Crippen molar-refractivity contribution in [2.75, 3.05) is 19.7 Å². The first kappa shape index (κ1) is 14.3. The Bertz CT molecular complexity index is 713. The molecule has 2 saturated heterocycles. The van der Waals surface area contributed by atoms with E-state index >= 15 is 0 Å². The Morgan fingerprint density at radius 3 is 2.58 bits per heavy atom. The second-order valence-corrected chi connectivity index (χ2v) is 8.04. The predicted molar refractivity (Wildman–Crippen MR) is 87.4 cm³/mol. The van der Waals surface area contributed by atoms with E-state index < -0.39 is 0 Å². The number of hydrogen-bond acceptors (Lipinski definition) is 3. The number of piperidine rings is 1. The van der Waals surface area contributed by atoms with Gasteiger partial charge in [0.1, 0.15) is 6.61 Å². The molecule has 1 aromatic rings. The van der Waals surface area contributed by atoms with Gasteiger partial charge < -0.3 is 15.0 Å². The molecule has 0 radical (unpaired) electrons. The molecule has 24 heavy (non-hydrogen) atoms. The van der Waals surface area contributed by atoms with Crippen LogP contribution in [-0.4, -0.2) is 42.1 Å². The summed E-state index contributed by atoms with van der Waals surface area (Å²) < 4.78 is 4.99. The topological polar surface area (TPSA) is 58.6 Å². The Balaban J connectivity index is 1.19. The SMILES string of the molecule is Cc1ccccc1[C@@H]1[C@@H]2CN(C(=O)C3CC4(COC(=O)N4)C3)C[C@@H]21. The number of ether oxygens (including phenoxy) is 1. The highest BCUT2D eigenvalue weighted by molar-refractivity contribution is 5.82. The quantitative estimate of drug-likeness (QED) is 0.905. The molecule has 3 atom stereocenters. The van der Waals surface area contributed by atoms with Crippen molar-refractivity contribution in [3.05, 3.63) is 35.4 Å². The number of rotatable bonds is 2. The van der Waals surface area contributed by atoms with Crippen molar-refractivity contribution in [2.24, 2.45) is 17.8 Å². The number of likely N-dealkylation sites (tertiary alicyclic amines) is 1. The minimum atomic E-state index is -0.343. The van der Waals surface area contributed by atoms with Gasteiger partial charge in [-0.15, -0.1) is 0 Å². The van der Waals surface area contributed by atoms with Gasteiger partial charge in [-0.3, -0.25) is 4.79 Å². The van der Waals surface area contributed by atoms with E-state index in [-0.39, 0.29) is 23.5 Å². The summed E-state index contributed by atoms with van der Waals surface area (Å²) in [6, 6.07) is 8.62. The molecule has 2 heterocycles. The molecule has 5 rings (SSSR count). The highest BCUT2D eigenvalue weighted by Gasteiger charge is 2.59. The van der Waals surface area contributed by atoms with Gasteiger partial charge in [-0.2, -0.15) is 0 Å². The van der Waals surface area contributed by atoms with Gasteiger partial charge in [0.05, 0.1) is 5.54 Å². The monoisotopic (exact) mass is 326 g/mol. The van der Waals surface area contributed by atoms with Crippen LogP contribution >= 0.6 is 0 Å². The van der Waals surface area contributed by atoms with E-state index in [4.69, 9.17) is 4.74 Å². The largest absolute Gasteiger partial charge is 0.447 e. The predicted octanol–water partition coefficient (Wildman–Crippen LogP) is 2.06. The number of aryl methyl sites for hydroxylation is 1. The molecule has 4 fully saturated rings. The van der Waals surface area contributed by atoms with Crippen molar-refractivity contribution in [3.63, 3.8) is 0 Å². The molecule has 0 unspecified atom stereocenters. The molecule has 0 bridgehead atoms. The summed E-state index contributed by atoms with van der Waals surface area (Å²) in [7, 11) is 0. The summed E-state index contributed by atoms with van der Waals surface area (Å²) in [5.74, 6) is 2.25. The number of carbonyl (C=O) groups excluding carboxylic acids is 2. The molecule has 2 aliphatic carbocycles. The van der Waals surface area contributed by atoms with Crippen molar-refractivity contribution in [1.82, 2.24) is 10.2 Å². The summed E-state index contributed by atoms with van der Waals surface area (Å²) in [4.78, 5) is 26.0. The molecular weight excluding hydrogens is 304 g/mol. The summed E-state index contributed by atoms with van der Waals surface area (Å²) in [5, 5.41) is 2.86. The second-order valence-electron chi connectivity index (χ2n) is 8.04. The van der Waals surface area contributed by atoms with Gasteiger partial charge in [0, 0.05) is 19.0 Å². The minimum absolute atomic E-state index is 0.0569. The molecule has 2 amide bonds. The molecule has 1 N–H and O–H groups in total. The number of nitrogens with zero attached hydrogens (tertiary/aromatic N) is 1. The van der Waals surface area contributed by atoms with E-state index in [1.165, 1.54) is 11.1 Å². The number of fused-ring (bicyclic) bond motifs is 1. The van der Waals surface area contributed by atoms with Crippen molar-refractivity contribution in [2.45, 2.75) is 31.2 Å². The highest BCUT2D eigenvalue weighted by Crippen LogP contribution is 2.59. The Kier molecular flexibility index (Phi) is 2.83. The Labute approximate surface area is 141 Å². The van der Waals surface area contributed by atoms with E-state index in [1.54, 1.807) is 0 Å². The van der Waals surface area contributed by atoms with Gasteiger partial charge in [-0.05, 0) is 48.6 Å². The zero-order chi connectivity index (χ0) is 16.5. The molecule has 4 aliphatic rings. The third-order valence-corrected chi connectivity index (χ3v) is 6.52. The van der Waals surface area contributed by atoms with Gasteiger partial charge in [-0.25, -0.2) is 4.79 Å². The number of amides is 2. The smallest absolute Gasteiger partial charge is 0.407 e. The van der Waals surface area contributed by atoms with Crippen LogP contribution in [0.2, 0.25) is 0 Å². The van der Waals surface area contributed by atoms with E-state index in [0.717, 1.165) is 25.9 Å². The maximum Gasteiger partial charge on any atom is 0.407 e. The number of carbonyl (C=O) groups is 2. The summed E-state index contributed by atoms with van der Waals surface area (Å²) in [6.07, 6.45) is 1.11. The van der Waals surface area contributed by atoms with Crippen molar-refractivity contribution >= 4 is 12.0 Å². The molecule has 2 aliphatic heterocycles. The standard InChI is InChI=1S/C19H22N2O3/c1-11-4-2-3-5-13(11)16-14-8-21(9-15(14)16)17(22)12-6-19(7-12)10-24-18(23)20-19/h2-5,12,14-16H,6-10H2,1H3,(H,20,23)/t12?,14-,15+,16-,19?. The lowest BCUT2D eigenvalue weighted by atomic mass is 9.68. The lowest BCUT2D eigenvalue weighted by Crippen LogP contribution is -2.58. The second kappa shape index (κ2) is 4.74. The zero-order valence-electron chi connectivity index (χ0n) is 13.8. The van der Waals surface area contributed by atoms with E-state index in [0.29, 0.717) is 24.4 Å². The van der Waals surface area contributed by atoms with Gasteiger partial charge in [0.2, 0.25) is 5.91 Å². The van der Waals surface area contributed by atoms with Gasteiger partial charge in [-0.1, -0.05) is 24.3 Å². The van der Waals surface area contributed by atoms with Gasteiger partial charge in [0.25, 0.3) is 0 Å². The number of nitrogens with one attached hydrogen (secondary N) is 1. The van der Waals surface area contributed by atoms with Crippen LogP contribution in [0, 0.1) is 24.7 Å². The fourth-order valence-corrected chi connectivity index (χ4v) is 5.16. The number of hydrogen-bond donors (Lipinski definition) is 1. The van der Waals surface area contributed by atoms with Gasteiger partial charge >= 0.3 is 6.09 Å². The van der Waals surface area contributed by atoms with E-state index in [1.807, 2.05) is 0 Å². The number of benzene rings is 1. The summed E-state index contributed by atoms with van der Waals surface area (Å²) in [6.45, 7) is 4.39. The molecule has 1 aromatic carbocycles. The van der Waals surface area contributed by atoms with Crippen molar-refractivity contribution in [1.29, 1.82) is 0 Å². The van der Waals surface area contributed by atoms with Crippen LogP contribution in [0.25, 0.3) is 0 Å². The van der Waals surface area contributed by atoms with Crippen LogP contribution in [0.15, 0.2) is 24.3 Å². The van der Waals surface area contributed by atoms with Gasteiger partial charge in [0.15, 0.2) is 0 Å². The Morgan fingerprint density at radius 1 is 1.25 bits per heavy atom. The first-order valence-corrected chi connectivity index (χ1v) is 8.86. The maximum atomic E-state index is 12.7. The minimum Gasteiger partial charge on any atom is -0.447 e. The average molecular weight is 326 g/mol. The van der Waals surface area contributed by atoms with Crippen LogP contribution in [0.1, 0.15) is 29.9 Å². The average Bonchev–Trinajstić information content (AvgIpc) is 2.87. The number of cyclic esters (lactones) is 1. The van der Waals surface area contributed by atoms with Crippen LogP contribution in [0.5, 0.6) is 0 Å². The van der Waals surface area contributed by atoms with Crippen LogP contribution < -0.4 is 5.32 Å². The first-order valence-electron chi connectivity index (χ1n) is 8.86. The molecule has 5 heteroatoms. The van der Waals surface area contributed by atoms with Crippen LogP contribution in [0.4, 0.5) is 4.79 Å². The lowest BCUT2D eigenvalue weighted by Gasteiger charge is -2.43. The first-order chi connectivity index (χ1) is 11.6. The molecular formula is C19H22N2O3. The summed E-state index contributed by atoms with van der Waals surface area (Å²) in [5.41, 5.74) is 2.57. The van der Waals surface area contributed by atoms with Crippen LogP contribution in [0.3, 0.4) is 0 Å². The fourth-order valence-electron chi connectivity index (χ4n) is 5.16. The summed E-state index contributed by atoms with van der Waals surface area (Å²) >= 11 is 0. The molecule has 126 valence electrons. The number of alkyl carbamates (subject to hydrolysis) is 1.